The predicted octanol–water partition coefficient (Wildman–Crippen LogP) is 3.41. The van der Waals surface area contributed by atoms with Gasteiger partial charge in [-0.15, -0.1) is 0 Å². The zero-order valence-corrected chi connectivity index (χ0v) is 11.7. The van der Waals surface area contributed by atoms with Crippen molar-refractivity contribution in [1.82, 2.24) is 4.98 Å². The summed E-state index contributed by atoms with van der Waals surface area (Å²) in [5, 5.41) is 0. The molecule has 1 aromatic rings. The number of rotatable bonds is 4. The number of pyridine rings is 1. The Morgan fingerprint density at radius 2 is 1.78 bits per heavy atom. The minimum absolute atomic E-state index is 0.364. The summed E-state index contributed by atoms with van der Waals surface area (Å²) in [6.07, 6.45) is 9.95. The number of nitrogens with zero attached hydrogens (tertiary/aromatic N) is 1. The Balaban J connectivity index is 1.82. The Hall–Kier alpha value is -0.890. The fraction of sp³-hybridized carbons (Fsp3) is 0.688. The highest BCUT2D eigenvalue weighted by Crippen LogP contribution is 2.35. The highest BCUT2D eigenvalue weighted by Gasteiger charge is 2.27. The lowest BCUT2D eigenvalue weighted by Gasteiger charge is -2.35. The van der Waals surface area contributed by atoms with Gasteiger partial charge in [-0.05, 0) is 67.6 Å². The van der Waals surface area contributed by atoms with Gasteiger partial charge in [0.25, 0.3) is 0 Å². The molecule has 0 aromatic carbocycles. The van der Waals surface area contributed by atoms with Crippen LogP contribution in [0, 0.1) is 17.8 Å². The first kappa shape index (κ1) is 13.5. The van der Waals surface area contributed by atoms with E-state index in [1.165, 1.54) is 24.8 Å². The van der Waals surface area contributed by atoms with Crippen molar-refractivity contribution in [3.63, 3.8) is 0 Å². The smallest absolute Gasteiger partial charge is 0.0270 e. The average Bonchev–Trinajstić information content (AvgIpc) is 2.36. The zero-order valence-electron chi connectivity index (χ0n) is 11.7. The van der Waals surface area contributed by atoms with Crippen LogP contribution in [-0.2, 0) is 6.42 Å². The van der Waals surface area contributed by atoms with Gasteiger partial charge in [-0.1, -0.05) is 13.8 Å². The summed E-state index contributed by atoms with van der Waals surface area (Å²) in [6, 6.07) is 4.56. The molecule has 1 fully saturated rings. The first-order chi connectivity index (χ1) is 8.65. The van der Waals surface area contributed by atoms with E-state index in [0.717, 1.165) is 30.6 Å². The number of nitrogens with two attached hydrogens (primary N) is 1. The van der Waals surface area contributed by atoms with Crippen molar-refractivity contribution in [2.75, 3.05) is 0 Å². The van der Waals surface area contributed by atoms with Gasteiger partial charge in [0.15, 0.2) is 0 Å². The van der Waals surface area contributed by atoms with Gasteiger partial charge in [0.2, 0.25) is 0 Å². The summed E-state index contributed by atoms with van der Waals surface area (Å²) in [7, 11) is 0. The lowest BCUT2D eigenvalue weighted by Crippen LogP contribution is -2.35. The molecule has 2 N–H and O–H groups in total. The molecule has 1 saturated carbocycles. The van der Waals surface area contributed by atoms with Gasteiger partial charge in [0.1, 0.15) is 0 Å². The van der Waals surface area contributed by atoms with Crippen molar-refractivity contribution in [3.8, 4) is 0 Å². The summed E-state index contributed by atoms with van der Waals surface area (Å²) >= 11 is 0. The van der Waals surface area contributed by atoms with Crippen LogP contribution in [0.3, 0.4) is 0 Å². The van der Waals surface area contributed by atoms with Crippen molar-refractivity contribution < 1.29 is 0 Å². The fourth-order valence-corrected chi connectivity index (χ4v) is 3.48. The second-order valence-corrected chi connectivity index (χ2v) is 6.24. The highest BCUT2D eigenvalue weighted by atomic mass is 14.7. The van der Waals surface area contributed by atoms with E-state index in [1.807, 2.05) is 12.4 Å². The third-order valence-corrected chi connectivity index (χ3v) is 4.34. The van der Waals surface area contributed by atoms with E-state index in [9.17, 15) is 0 Å². The lowest BCUT2D eigenvalue weighted by atomic mass is 9.73. The second kappa shape index (κ2) is 6.33. The normalized spacial score (nSPS) is 30.1. The largest absolute Gasteiger partial charge is 0.327 e. The van der Waals surface area contributed by atoms with E-state index in [1.54, 1.807) is 0 Å². The van der Waals surface area contributed by atoms with Crippen molar-refractivity contribution in [3.05, 3.63) is 30.1 Å². The molecule has 0 radical (unpaired) electrons. The number of hydrogen-bond donors (Lipinski definition) is 1. The monoisotopic (exact) mass is 246 g/mol. The van der Waals surface area contributed by atoms with Crippen LogP contribution in [-0.4, -0.2) is 11.0 Å². The first-order valence-corrected chi connectivity index (χ1v) is 7.29. The SMILES string of the molecule is CC1CC(C)CC(C(N)CCc2ccncc2)C1. The van der Waals surface area contributed by atoms with Crippen molar-refractivity contribution in [1.29, 1.82) is 0 Å². The van der Waals surface area contributed by atoms with E-state index in [-0.39, 0.29) is 0 Å². The molecule has 0 bridgehead atoms. The van der Waals surface area contributed by atoms with E-state index >= 15 is 0 Å². The molecule has 1 aromatic heterocycles. The molecule has 2 heteroatoms. The highest BCUT2D eigenvalue weighted by molar-refractivity contribution is 5.09. The van der Waals surface area contributed by atoms with Gasteiger partial charge >= 0.3 is 0 Å². The molecule has 0 aliphatic heterocycles. The van der Waals surface area contributed by atoms with Gasteiger partial charge in [0.05, 0.1) is 0 Å². The van der Waals surface area contributed by atoms with Crippen LogP contribution >= 0.6 is 0 Å². The van der Waals surface area contributed by atoms with Gasteiger partial charge < -0.3 is 5.73 Å². The lowest BCUT2D eigenvalue weighted by molar-refractivity contribution is 0.188. The van der Waals surface area contributed by atoms with Gasteiger partial charge in [-0.3, -0.25) is 4.98 Å². The van der Waals surface area contributed by atoms with Crippen LogP contribution < -0.4 is 5.73 Å². The van der Waals surface area contributed by atoms with E-state index in [2.05, 4.69) is 31.0 Å². The zero-order chi connectivity index (χ0) is 13.0. The number of aryl methyl sites for hydroxylation is 1. The van der Waals surface area contributed by atoms with Crippen molar-refractivity contribution >= 4 is 0 Å². The first-order valence-electron chi connectivity index (χ1n) is 7.29. The predicted molar refractivity (Wildman–Crippen MR) is 76.2 cm³/mol. The third kappa shape index (κ3) is 3.81. The van der Waals surface area contributed by atoms with Crippen molar-refractivity contribution in [2.24, 2.45) is 23.5 Å². The molecule has 0 spiro atoms. The summed E-state index contributed by atoms with van der Waals surface area (Å²) in [4.78, 5) is 4.05. The Morgan fingerprint density at radius 3 is 2.39 bits per heavy atom. The molecule has 1 aliphatic rings. The van der Waals surface area contributed by atoms with Crippen LogP contribution in [0.2, 0.25) is 0 Å². The van der Waals surface area contributed by atoms with E-state index in [0.29, 0.717) is 6.04 Å². The fourth-order valence-electron chi connectivity index (χ4n) is 3.48. The van der Waals surface area contributed by atoms with Crippen LogP contribution in [0.1, 0.15) is 45.1 Å². The van der Waals surface area contributed by atoms with Crippen molar-refractivity contribution in [2.45, 2.75) is 52.0 Å². The molecular weight excluding hydrogens is 220 g/mol. The maximum absolute atomic E-state index is 6.41. The summed E-state index contributed by atoms with van der Waals surface area (Å²) in [5.41, 5.74) is 7.76. The van der Waals surface area contributed by atoms with Crippen LogP contribution in [0.4, 0.5) is 0 Å². The summed E-state index contributed by atoms with van der Waals surface area (Å²) in [6.45, 7) is 4.75. The standard InChI is InChI=1S/C16H26N2/c1-12-9-13(2)11-15(10-12)16(17)4-3-14-5-7-18-8-6-14/h5-8,12-13,15-16H,3-4,9-11,17H2,1-2H3. The van der Waals surface area contributed by atoms with Crippen LogP contribution in [0.25, 0.3) is 0 Å². The van der Waals surface area contributed by atoms with E-state index in [4.69, 9.17) is 5.73 Å². The molecule has 1 heterocycles. The summed E-state index contributed by atoms with van der Waals surface area (Å²) in [5.74, 6) is 2.43. The number of aromatic nitrogens is 1. The quantitative estimate of drug-likeness (QED) is 0.884. The van der Waals surface area contributed by atoms with Crippen LogP contribution in [0.5, 0.6) is 0 Å². The molecule has 0 amide bonds. The maximum atomic E-state index is 6.41. The molecule has 2 nitrogen and oxygen atoms in total. The molecule has 3 atom stereocenters. The maximum Gasteiger partial charge on any atom is 0.0270 e. The molecular formula is C16H26N2. The average molecular weight is 246 g/mol. The second-order valence-electron chi connectivity index (χ2n) is 6.24. The molecule has 18 heavy (non-hydrogen) atoms. The Morgan fingerprint density at radius 1 is 1.17 bits per heavy atom. The third-order valence-electron chi connectivity index (χ3n) is 4.34. The number of hydrogen-bond acceptors (Lipinski definition) is 2. The minimum atomic E-state index is 0.364. The van der Waals surface area contributed by atoms with Gasteiger partial charge in [-0.2, -0.15) is 0 Å². The van der Waals surface area contributed by atoms with Gasteiger partial charge in [-0.25, -0.2) is 0 Å². The molecule has 3 unspecified atom stereocenters. The van der Waals surface area contributed by atoms with Crippen LogP contribution in [0.15, 0.2) is 24.5 Å². The Labute approximate surface area is 111 Å². The topological polar surface area (TPSA) is 38.9 Å². The molecule has 0 saturated heterocycles. The summed E-state index contributed by atoms with van der Waals surface area (Å²) < 4.78 is 0. The van der Waals surface area contributed by atoms with Gasteiger partial charge in [0, 0.05) is 18.4 Å². The minimum Gasteiger partial charge on any atom is -0.327 e. The van der Waals surface area contributed by atoms with E-state index < -0.39 is 0 Å². The molecule has 1 aliphatic carbocycles. The Bertz CT molecular complexity index is 339. The Kier molecular flexibility index (Phi) is 4.76. The molecule has 100 valence electrons. The molecule has 2 rings (SSSR count).